The number of nitro groups is 1. The van der Waals surface area contributed by atoms with Gasteiger partial charge in [-0.2, -0.15) is 0 Å². The molecule has 2 aromatic carbocycles. The fourth-order valence-corrected chi connectivity index (χ4v) is 3.68. The van der Waals surface area contributed by atoms with Gasteiger partial charge in [0.15, 0.2) is 6.10 Å². The van der Waals surface area contributed by atoms with Crippen LogP contribution in [-0.4, -0.2) is 34.1 Å². The third kappa shape index (κ3) is 5.11. The molecule has 2 unspecified atom stereocenters. The predicted octanol–water partition coefficient (Wildman–Crippen LogP) is 2.97. The van der Waals surface area contributed by atoms with Gasteiger partial charge in [0.1, 0.15) is 0 Å². The zero-order valence-corrected chi connectivity index (χ0v) is 16.1. The van der Waals surface area contributed by atoms with Crippen molar-refractivity contribution in [2.75, 3.05) is 10.6 Å². The van der Waals surface area contributed by atoms with E-state index in [2.05, 4.69) is 10.6 Å². The van der Waals surface area contributed by atoms with Crippen molar-refractivity contribution in [3.63, 3.8) is 0 Å². The Kier molecular flexibility index (Phi) is 6.13. The Balaban J connectivity index is 1.52. The number of amides is 2. The zero-order valence-electron chi connectivity index (χ0n) is 15.3. The van der Waals surface area contributed by atoms with Crippen LogP contribution in [0.3, 0.4) is 0 Å². The molecule has 2 atom stereocenters. The largest absolute Gasteiger partial charge is 0.452 e. The molecule has 0 fully saturated rings. The average Bonchev–Trinajstić information content (AvgIpc) is 2.68. The van der Waals surface area contributed by atoms with Gasteiger partial charge in [-0.1, -0.05) is 12.1 Å². The number of rotatable bonds is 6. The Hall–Kier alpha value is -3.40. The first-order chi connectivity index (χ1) is 13.8. The van der Waals surface area contributed by atoms with Gasteiger partial charge in [0, 0.05) is 22.7 Å². The van der Waals surface area contributed by atoms with E-state index in [1.165, 1.54) is 43.0 Å². The summed E-state index contributed by atoms with van der Waals surface area (Å²) in [6.45, 7) is 1.40. The molecule has 150 valence electrons. The maximum Gasteiger partial charge on any atom is 0.308 e. The number of hydrogen-bond donors (Lipinski definition) is 2. The van der Waals surface area contributed by atoms with Crippen molar-refractivity contribution in [2.45, 2.75) is 29.6 Å². The van der Waals surface area contributed by atoms with E-state index < -0.39 is 28.2 Å². The van der Waals surface area contributed by atoms with Crippen LogP contribution >= 0.6 is 11.8 Å². The van der Waals surface area contributed by atoms with Crippen molar-refractivity contribution in [1.29, 1.82) is 0 Å². The number of para-hydroxylation sites is 1. The number of thioether (sulfide) groups is 1. The second-order valence-electron chi connectivity index (χ2n) is 6.22. The highest BCUT2D eigenvalue weighted by Gasteiger charge is 2.30. The molecule has 10 heteroatoms. The van der Waals surface area contributed by atoms with Crippen molar-refractivity contribution in [3.05, 3.63) is 58.6 Å². The van der Waals surface area contributed by atoms with Gasteiger partial charge >= 0.3 is 5.97 Å². The number of fused-ring (bicyclic) bond motifs is 1. The van der Waals surface area contributed by atoms with Gasteiger partial charge < -0.3 is 15.4 Å². The lowest BCUT2D eigenvalue weighted by Gasteiger charge is -2.23. The number of carbonyl (C=O) groups is 3. The molecule has 0 aromatic heterocycles. The minimum atomic E-state index is -1.10. The molecule has 0 saturated carbocycles. The molecule has 2 amide bonds. The summed E-state index contributed by atoms with van der Waals surface area (Å²) in [5, 5.41) is 15.3. The first-order valence-corrected chi connectivity index (χ1v) is 9.53. The number of non-ortho nitro benzene ring substituents is 1. The van der Waals surface area contributed by atoms with Crippen LogP contribution in [0.25, 0.3) is 0 Å². The van der Waals surface area contributed by atoms with Gasteiger partial charge in [-0.25, -0.2) is 0 Å². The van der Waals surface area contributed by atoms with E-state index in [1.807, 2.05) is 12.1 Å². The van der Waals surface area contributed by atoms with E-state index in [1.54, 1.807) is 12.1 Å². The molecule has 1 heterocycles. The van der Waals surface area contributed by atoms with Crippen molar-refractivity contribution in [2.24, 2.45) is 0 Å². The molecule has 0 spiro atoms. The van der Waals surface area contributed by atoms with Crippen LogP contribution < -0.4 is 10.6 Å². The number of carbonyl (C=O) groups excluding carboxylic acids is 3. The molecule has 3 rings (SSSR count). The lowest BCUT2D eigenvalue weighted by Crippen LogP contribution is -2.34. The predicted molar refractivity (Wildman–Crippen MR) is 107 cm³/mol. The van der Waals surface area contributed by atoms with Gasteiger partial charge in [-0.3, -0.25) is 24.5 Å². The third-order valence-electron chi connectivity index (χ3n) is 4.08. The number of esters is 1. The number of ether oxygens (including phenoxy) is 1. The molecule has 1 aliphatic rings. The van der Waals surface area contributed by atoms with Crippen LogP contribution in [0.5, 0.6) is 0 Å². The summed E-state index contributed by atoms with van der Waals surface area (Å²) in [7, 11) is 0. The number of benzene rings is 2. The fourth-order valence-electron chi connectivity index (χ4n) is 2.59. The molecular weight excluding hydrogens is 398 g/mol. The van der Waals surface area contributed by atoms with Gasteiger partial charge in [0.25, 0.3) is 11.6 Å². The highest BCUT2D eigenvalue weighted by Crippen LogP contribution is 2.36. The van der Waals surface area contributed by atoms with E-state index in [0.717, 1.165) is 4.90 Å². The second kappa shape index (κ2) is 8.74. The summed E-state index contributed by atoms with van der Waals surface area (Å²) in [4.78, 5) is 47.5. The molecule has 9 nitrogen and oxygen atoms in total. The molecule has 2 N–H and O–H groups in total. The Morgan fingerprint density at radius 1 is 1.24 bits per heavy atom. The average molecular weight is 415 g/mol. The number of nitrogens with zero attached hydrogens (tertiary/aromatic N) is 1. The van der Waals surface area contributed by atoms with E-state index in [9.17, 15) is 24.5 Å². The summed E-state index contributed by atoms with van der Waals surface area (Å²) in [6.07, 6.45) is -1.28. The van der Waals surface area contributed by atoms with E-state index >= 15 is 0 Å². The van der Waals surface area contributed by atoms with E-state index in [0.29, 0.717) is 11.4 Å². The van der Waals surface area contributed by atoms with Crippen LogP contribution in [0, 0.1) is 10.1 Å². The molecule has 0 bridgehead atoms. The SMILES string of the molecule is CC(OC(=O)CC1Sc2ccccc2NC1=O)C(=O)Nc1ccc([N+](=O)[O-])cc1. The topological polar surface area (TPSA) is 128 Å². The monoisotopic (exact) mass is 415 g/mol. The van der Waals surface area contributed by atoms with Crippen LogP contribution in [0.15, 0.2) is 53.4 Å². The summed E-state index contributed by atoms with van der Waals surface area (Å²) in [5.41, 5.74) is 0.928. The molecule has 0 saturated heterocycles. The fraction of sp³-hybridized carbons (Fsp3) is 0.211. The Labute approximate surface area is 170 Å². The van der Waals surface area contributed by atoms with Crippen molar-refractivity contribution in [1.82, 2.24) is 0 Å². The first-order valence-electron chi connectivity index (χ1n) is 8.65. The summed E-state index contributed by atoms with van der Waals surface area (Å²) in [6, 6.07) is 12.5. The second-order valence-corrected chi connectivity index (χ2v) is 7.47. The molecule has 29 heavy (non-hydrogen) atoms. The number of nitro benzene ring substituents is 1. The van der Waals surface area contributed by atoms with Gasteiger partial charge in [-0.05, 0) is 31.2 Å². The van der Waals surface area contributed by atoms with Gasteiger partial charge in [0.2, 0.25) is 5.91 Å². The smallest absolute Gasteiger partial charge is 0.308 e. The van der Waals surface area contributed by atoms with Crippen LogP contribution in [0.1, 0.15) is 13.3 Å². The Morgan fingerprint density at radius 3 is 2.62 bits per heavy atom. The van der Waals surface area contributed by atoms with Crippen molar-refractivity contribution < 1.29 is 24.0 Å². The number of nitrogens with one attached hydrogen (secondary N) is 2. The summed E-state index contributed by atoms with van der Waals surface area (Å²) >= 11 is 1.27. The highest BCUT2D eigenvalue weighted by molar-refractivity contribution is 8.01. The molecule has 2 aromatic rings. The lowest BCUT2D eigenvalue weighted by molar-refractivity contribution is -0.384. The van der Waals surface area contributed by atoms with Crippen molar-refractivity contribution >= 4 is 46.6 Å². The lowest BCUT2D eigenvalue weighted by atomic mass is 10.2. The Morgan fingerprint density at radius 2 is 1.93 bits per heavy atom. The van der Waals surface area contributed by atoms with E-state index in [4.69, 9.17) is 4.74 Å². The minimum Gasteiger partial charge on any atom is -0.452 e. The third-order valence-corrected chi connectivity index (χ3v) is 5.36. The van der Waals surface area contributed by atoms with Gasteiger partial charge in [-0.15, -0.1) is 11.8 Å². The van der Waals surface area contributed by atoms with E-state index in [-0.39, 0.29) is 18.0 Å². The van der Waals surface area contributed by atoms with Crippen LogP contribution in [0.4, 0.5) is 17.1 Å². The quantitative estimate of drug-likeness (QED) is 0.422. The normalized spacial score (nSPS) is 16.2. The Bertz CT molecular complexity index is 963. The number of anilines is 2. The summed E-state index contributed by atoms with van der Waals surface area (Å²) < 4.78 is 5.13. The number of hydrogen-bond acceptors (Lipinski definition) is 7. The first kappa shape index (κ1) is 20.3. The van der Waals surface area contributed by atoms with Crippen molar-refractivity contribution in [3.8, 4) is 0 Å². The maximum atomic E-state index is 12.2. The minimum absolute atomic E-state index is 0.104. The molecule has 0 aliphatic carbocycles. The summed E-state index contributed by atoms with van der Waals surface area (Å²) in [5.74, 6) is -1.56. The zero-order chi connectivity index (χ0) is 21.0. The molecule has 1 aliphatic heterocycles. The standard InChI is InChI=1S/C19H17N3O6S/c1-11(18(24)20-12-6-8-13(9-7-12)22(26)27)28-17(23)10-16-19(25)21-14-4-2-3-5-15(14)29-16/h2-9,11,16H,10H2,1H3,(H,20,24)(H,21,25). The van der Waals surface area contributed by atoms with Crippen LogP contribution in [-0.2, 0) is 19.1 Å². The molecular formula is C19H17N3O6S. The highest BCUT2D eigenvalue weighted by atomic mass is 32.2. The van der Waals surface area contributed by atoms with Gasteiger partial charge in [0.05, 0.1) is 22.3 Å². The maximum absolute atomic E-state index is 12.2. The molecule has 0 radical (unpaired) electrons. The van der Waals surface area contributed by atoms with Crippen LogP contribution in [0.2, 0.25) is 0 Å².